The van der Waals surface area contributed by atoms with E-state index in [-0.39, 0.29) is 17.9 Å². The normalized spacial score (nSPS) is 16.1. The molecule has 3 rings (SSSR count). The number of carbonyl (C=O) groups is 3. The van der Waals surface area contributed by atoms with Crippen molar-refractivity contribution in [1.29, 1.82) is 0 Å². The summed E-state index contributed by atoms with van der Waals surface area (Å²) >= 11 is 1.50. The number of rotatable bonds is 6. The highest BCUT2D eigenvalue weighted by atomic mass is 32.1. The number of thiophene rings is 1. The Hall–Kier alpha value is -3.19. The second-order valence-electron chi connectivity index (χ2n) is 7.03. The summed E-state index contributed by atoms with van der Waals surface area (Å²) in [4.78, 5) is 34.1. The van der Waals surface area contributed by atoms with Gasteiger partial charge in [-0.2, -0.15) is 0 Å². The Kier molecular flexibility index (Phi) is 13.2. The fourth-order valence-corrected chi connectivity index (χ4v) is 4.07. The van der Waals surface area contributed by atoms with Crippen LogP contribution in [-0.4, -0.2) is 30.8 Å². The van der Waals surface area contributed by atoms with Crippen LogP contribution in [0.15, 0.2) is 66.4 Å². The minimum Gasteiger partial charge on any atom is -0.354 e. The summed E-state index contributed by atoms with van der Waals surface area (Å²) in [6.45, 7) is 12.4. The molecule has 1 aromatic carbocycles. The molecule has 1 atom stereocenters. The highest BCUT2D eigenvalue weighted by Crippen LogP contribution is 2.25. The molecule has 0 saturated carbocycles. The van der Waals surface area contributed by atoms with Gasteiger partial charge >= 0.3 is 0 Å². The van der Waals surface area contributed by atoms with Crippen molar-refractivity contribution in [2.24, 2.45) is 0 Å². The van der Waals surface area contributed by atoms with Gasteiger partial charge in [0, 0.05) is 16.9 Å². The van der Waals surface area contributed by atoms with E-state index in [1.807, 2.05) is 70.2 Å². The maximum absolute atomic E-state index is 12.3. The molecule has 0 bridgehead atoms. The Morgan fingerprint density at radius 2 is 1.97 bits per heavy atom. The average Bonchev–Trinajstić information content (AvgIpc) is 3.17. The first-order valence-corrected chi connectivity index (χ1v) is 12.0. The minimum absolute atomic E-state index is 0.0606. The first-order valence-electron chi connectivity index (χ1n) is 11.2. The lowest BCUT2D eigenvalue weighted by Gasteiger charge is -2.10. The molecule has 33 heavy (non-hydrogen) atoms. The molecule has 2 heterocycles. The monoisotopic (exact) mass is 469 g/mol. The number of benzene rings is 1. The Balaban J connectivity index is 0.000000354. The van der Waals surface area contributed by atoms with Gasteiger partial charge in [0.2, 0.25) is 12.3 Å². The number of nitrogens with one attached hydrogen (secondary N) is 3. The van der Waals surface area contributed by atoms with Crippen LogP contribution in [0.3, 0.4) is 0 Å². The second kappa shape index (κ2) is 15.6. The molecule has 1 aromatic heterocycles. The lowest BCUT2D eigenvalue weighted by atomic mass is 10.1. The van der Waals surface area contributed by atoms with Crippen molar-refractivity contribution in [3.8, 4) is 0 Å². The molecule has 1 unspecified atom stereocenters. The van der Waals surface area contributed by atoms with Crippen LogP contribution < -0.4 is 16.0 Å². The average molecular weight is 470 g/mol. The van der Waals surface area contributed by atoms with Crippen molar-refractivity contribution < 1.29 is 14.4 Å². The summed E-state index contributed by atoms with van der Waals surface area (Å²) in [5, 5.41) is 9.21. The predicted octanol–water partition coefficient (Wildman–Crippen LogP) is 5.09. The molecule has 1 saturated heterocycles. The van der Waals surface area contributed by atoms with E-state index in [1.54, 1.807) is 6.08 Å². The number of fused-ring (bicyclic) bond motifs is 1. The molecule has 178 valence electrons. The van der Waals surface area contributed by atoms with Gasteiger partial charge in [-0.25, -0.2) is 0 Å². The Bertz CT molecular complexity index is 959. The van der Waals surface area contributed by atoms with Crippen LogP contribution in [0.4, 0.5) is 0 Å². The van der Waals surface area contributed by atoms with E-state index in [4.69, 9.17) is 0 Å². The third kappa shape index (κ3) is 9.06. The highest BCUT2D eigenvalue weighted by Gasteiger charge is 2.18. The molecular weight excluding hydrogens is 434 g/mol. The van der Waals surface area contributed by atoms with Gasteiger partial charge in [-0.05, 0) is 62.3 Å². The molecule has 0 spiro atoms. The van der Waals surface area contributed by atoms with Crippen molar-refractivity contribution in [2.45, 2.75) is 53.0 Å². The summed E-state index contributed by atoms with van der Waals surface area (Å²) in [6, 6.07) is 9.59. The van der Waals surface area contributed by atoms with Crippen LogP contribution in [0.1, 0.15) is 56.6 Å². The van der Waals surface area contributed by atoms with E-state index in [0.717, 1.165) is 47.2 Å². The van der Waals surface area contributed by atoms with E-state index in [9.17, 15) is 14.4 Å². The summed E-state index contributed by atoms with van der Waals surface area (Å²) < 4.78 is 1.12. The SMILES string of the molecule is C=C/C(NC(=O)c1cc2ccccc2s1)=C(C)\C=C/C.CC.O=CNC1CCCCNC1=O. The van der Waals surface area contributed by atoms with Crippen LogP contribution in [-0.2, 0) is 9.59 Å². The van der Waals surface area contributed by atoms with Crippen LogP contribution in [0, 0.1) is 0 Å². The summed E-state index contributed by atoms with van der Waals surface area (Å²) in [6.07, 6.45) is 8.88. The molecule has 3 N–H and O–H groups in total. The Morgan fingerprint density at radius 3 is 2.61 bits per heavy atom. The first-order chi connectivity index (χ1) is 16.0. The minimum atomic E-state index is -0.310. The van der Waals surface area contributed by atoms with Gasteiger partial charge in [-0.1, -0.05) is 50.8 Å². The Morgan fingerprint density at radius 1 is 1.24 bits per heavy atom. The molecule has 0 radical (unpaired) electrons. The number of hydrogen-bond donors (Lipinski definition) is 3. The Labute approximate surface area is 200 Å². The van der Waals surface area contributed by atoms with Crippen molar-refractivity contribution >= 4 is 39.6 Å². The zero-order valence-corrected chi connectivity index (χ0v) is 20.8. The summed E-state index contributed by atoms with van der Waals surface area (Å²) in [5.74, 6) is -0.153. The quantitative estimate of drug-likeness (QED) is 0.407. The van der Waals surface area contributed by atoms with E-state index >= 15 is 0 Å². The number of amides is 3. The fraction of sp³-hybridized carbons (Fsp3) is 0.346. The standard InChI is InChI=1S/C17H17NOS.C7H12N2O2.C2H6/c1-4-8-12(3)14(5-2)18-17(19)16-11-13-9-6-7-10-15(13)20-16;10-5-9-6-3-1-2-4-8-7(6)11;1-2/h4-11H,2H2,1,3H3,(H,18,19);5-6H,1-4H2,(H,8,11)(H,9,10);1-2H3/b8-4-,14-12+;;. The van der Waals surface area contributed by atoms with Gasteiger partial charge in [0.05, 0.1) is 4.88 Å². The van der Waals surface area contributed by atoms with Gasteiger partial charge in [0.1, 0.15) is 6.04 Å². The maximum Gasteiger partial charge on any atom is 0.265 e. The van der Waals surface area contributed by atoms with Gasteiger partial charge in [0.15, 0.2) is 0 Å². The van der Waals surface area contributed by atoms with E-state index in [1.165, 1.54) is 11.3 Å². The number of allylic oxidation sites excluding steroid dienone is 4. The molecule has 7 heteroatoms. The van der Waals surface area contributed by atoms with Crippen molar-refractivity contribution in [1.82, 2.24) is 16.0 Å². The van der Waals surface area contributed by atoms with E-state index in [2.05, 4.69) is 22.5 Å². The molecule has 1 aliphatic rings. The van der Waals surface area contributed by atoms with Crippen LogP contribution in [0.25, 0.3) is 10.1 Å². The third-order valence-electron chi connectivity index (χ3n) is 4.75. The van der Waals surface area contributed by atoms with E-state index in [0.29, 0.717) is 11.3 Å². The lowest BCUT2D eigenvalue weighted by Crippen LogP contribution is -2.42. The van der Waals surface area contributed by atoms with E-state index < -0.39 is 0 Å². The zero-order chi connectivity index (χ0) is 24.6. The van der Waals surface area contributed by atoms with Gasteiger partial charge in [-0.15, -0.1) is 11.3 Å². The lowest BCUT2D eigenvalue weighted by molar-refractivity contribution is -0.125. The molecule has 6 nitrogen and oxygen atoms in total. The van der Waals surface area contributed by atoms with Crippen LogP contribution in [0.2, 0.25) is 0 Å². The summed E-state index contributed by atoms with van der Waals surface area (Å²) in [5.41, 5.74) is 1.72. The number of carbonyl (C=O) groups excluding carboxylic acids is 3. The van der Waals surface area contributed by atoms with Gasteiger partial charge in [-0.3, -0.25) is 14.4 Å². The molecule has 2 aromatic rings. The number of hydrogen-bond acceptors (Lipinski definition) is 4. The van der Waals surface area contributed by atoms with Crippen molar-refractivity contribution in [3.63, 3.8) is 0 Å². The van der Waals surface area contributed by atoms with Crippen molar-refractivity contribution in [2.75, 3.05) is 6.54 Å². The van der Waals surface area contributed by atoms with Crippen LogP contribution >= 0.6 is 11.3 Å². The van der Waals surface area contributed by atoms with Gasteiger partial charge in [0.25, 0.3) is 5.91 Å². The predicted molar refractivity (Wildman–Crippen MR) is 138 cm³/mol. The fourth-order valence-electron chi connectivity index (χ4n) is 3.11. The topological polar surface area (TPSA) is 87.3 Å². The molecule has 1 fully saturated rings. The first kappa shape index (κ1) is 27.8. The second-order valence-corrected chi connectivity index (χ2v) is 8.11. The largest absolute Gasteiger partial charge is 0.354 e. The maximum atomic E-state index is 12.3. The van der Waals surface area contributed by atoms with Gasteiger partial charge < -0.3 is 16.0 Å². The molecule has 0 aliphatic carbocycles. The zero-order valence-electron chi connectivity index (χ0n) is 19.9. The molecule has 1 aliphatic heterocycles. The molecule has 3 amide bonds. The van der Waals surface area contributed by atoms with Crippen LogP contribution in [0.5, 0.6) is 0 Å². The smallest absolute Gasteiger partial charge is 0.265 e. The summed E-state index contributed by atoms with van der Waals surface area (Å²) in [7, 11) is 0. The highest BCUT2D eigenvalue weighted by molar-refractivity contribution is 7.20. The van der Waals surface area contributed by atoms with Crippen molar-refractivity contribution in [3.05, 3.63) is 71.3 Å². The third-order valence-corrected chi connectivity index (χ3v) is 5.86. The molecular formula is C26H35N3O3S.